The molecule has 1 aromatic carbocycles. The monoisotopic (exact) mass is 380 g/mol. The van der Waals surface area contributed by atoms with Gasteiger partial charge in [0.25, 0.3) is 10.9 Å². The quantitative estimate of drug-likeness (QED) is 0.368. The minimum atomic E-state index is -0.479. The Morgan fingerprint density at radius 3 is 2.36 bits per heavy atom. The lowest BCUT2D eigenvalue weighted by atomic mass is 10.1. The summed E-state index contributed by atoms with van der Waals surface area (Å²) in [5, 5.41) is 6.08. The van der Waals surface area contributed by atoms with Crippen molar-refractivity contribution < 1.29 is 4.74 Å². The molecule has 0 aliphatic carbocycles. The Kier molecular flexibility index (Phi) is 7.12. The highest BCUT2D eigenvalue weighted by Crippen LogP contribution is 2.20. The predicted octanol–water partition coefficient (Wildman–Crippen LogP) is 3.26. The van der Waals surface area contributed by atoms with Gasteiger partial charge in [-0.3, -0.25) is 19.6 Å². The summed E-state index contributed by atoms with van der Waals surface area (Å²) < 4.78 is 5.61. The zero-order chi connectivity index (χ0) is 19.6. The van der Waals surface area contributed by atoms with Gasteiger partial charge in [0, 0.05) is 30.8 Å². The van der Waals surface area contributed by atoms with Gasteiger partial charge >= 0.3 is 0 Å². The Morgan fingerprint density at radius 1 is 0.821 bits per heavy atom. The molecule has 0 saturated heterocycles. The molecule has 0 saturated carbocycles. The van der Waals surface area contributed by atoms with E-state index in [2.05, 4.69) is 20.6 Å². The van der Waals surface area contributed by atoms with Gasteiger partial charge in [0.15, 0.2) is 0 Å². The molecule has 3 rings (SSSR count). The third kappa shape index (κ3) is 5.39. The molecule has 7 heteroatoms. The third-order valence-electron chi connectivity index (χ3n) is 4.39. The van der Waals surface area contributed by atoms with Crippen LogP contribution in [0.25, 0.3) is 0 Å². The van der Waals surface area contributed by atoms with E-state index in [4.69, 9.17) is 4.74 Å². The molecule has 0 amide bonds. The molecule has 0 spiro atoms. The minimum absolute atomic E-state index is 0.337. The molecule has 2 heterocycles. The summed E-state index contributed by atoms with van der Waals surface area (Å²) in [6.07, 6.45) is 11.9. The molecular weight excluding hydrogens is 356 g/mol. The molecule has 2 N–H and O–H groups in total. The first-order valence-corrected chi connectivity index (χ1v) is 9.53. The Labute approximate surface area is 163 Å². The maximum Gasteiger partial charge on any atom is 0.253 e. The Balaban J connectivity index is 1.29. The SMILES string of the molecule is O=c1c(NCCCCCCCOc2cccnc2)c(Nc2ccncc2)c1=O. The summed E-state index contributed by atoms with van der Waals surface area (Å²) in [6.45, 7) is 1.36. The van der Waals surface area contributed by atoms with Crippen molar-refractivity contribution in [2.45, 2.75) is 32.1 Å². The van der Waals surface area contributed by atoms with E-state index in [1.165, 1.54) is 0 Å². The van der Waals surface area contributed by atoms with Crippen LogP contribution in [0.3, 0.4) is 0 Å². The molecule has 146 valence electrons. The van der Waals surface area contributed by atoms with Crippen LogP contribution in [0.5, 0.6) is 5.75 Å². The smallest absolute Gasteiger partial charge is 0.253 e. The number of unbranched alkanes of at least 4 members (excludes halogenated alkanes) is 4. The number of nitrogens with one attached hydrogen (secondary N) is 2. The first-order valence-electron chi connectivity index (χ1n) is 9.53. The van der Waals surface area contributed by atoms with Gasteiger partial charge in [-0.2, -0.15) is 0 Å². The molecular formula is C21H24N4O3. The summed E-state index contributed by atoms with van der Waals surface area (Å²) >= 11 is 0. The van der Waals surface area contributed by atoms with Gasteiger partial charge in [-0.1, -0.05) is 19.3 Å². The van der Waals surface area contributed by atoms with E-state index in [0.29, 0.717) is 24.5 Å². The Bertz CT molecular complexity index is 922. The molecule has 7 nitrogen and oxygen atoms in total. The lowest BCUT2D eigenvalue weighted by molar-refractivity contribution is 0.303. The van der Waals surface area contributed by atoms with Crippen LogP contribution in [0.1, 0.15) is 32.1 Å². The molecule has 0 unspecified atom stereocenters. The van der Waals surface area contributed by atoms with Crippen LogP contribution in [0, 0.1) is 0 Å². The maximum atomic E-state index is 11.8. The second kappa shape index (κ2) is 10.2. The van der Waals surface area contributed by atoms with Crippen LogP contribution in [0.4, 0.5) is 17.1 Å². The van der Waals surface area contributed by atoms with E-state index < -0.39 is 10.9 Å². The fourth-order valence-corrected chi connectivity index (χ4v) is 2.85. The summed E-state index contributed by atoms with van der Waals surface area (Å²) in [6, 6.07) is 7.26. The minimum Gasteiger partial charge on any atom is -0.492 e. The van der Waals surface area contributed by atoms with Crippen molar-refractivity contribution in [2.75, 3.05) is 23.8 Å². The number of pyridine rings is 2. The first kappa shape index (κ1) is 19.5. The zero-order valence-corrected chi connectivity index (χ0v) is 15.7. The molecule has 0 atom stereocenters. The van der Waals surface area contributed by atoms with Gasteiger partial charge in [-0.05, 0) is 37.1 Å². The number of hydrogen-bond donors (Lipinski definition) is 2. The van der Waals surface area contributed by atoms with Gasteiger partial charge in [-0.25, -0.2) is 0 Å². The summed E-state index contributed by atoms with van der Waals surface area (Å²) in [5.74, 6) is 0.802. The summed E-state index contributed by atoms with van der Waals surface area (Å²) in [7, 11) is 0. The van der Waals surface area contributed by atoms with Crippen LogP contribution in [0.15, 0.2) is 58.6 Å². The molecule has 0 aliphatic rings. The van der Waals surface area contributed by atoms with E-state index in [1.807, 2.05) is 12.1 Å². The average molecular weight is 380 g/mol. The maximum absolute atomic E-state index is 11.8. The number of rotatable bonds is 12. The average Bonchev–Trinajstić information content (AvgIpc) is 2.75. The highest BCUT2D eigenvalue weighted by Gasteiger charge is 2.20. The zero-order valence-electron chi connectivity index (χ0n) is 15.7. The predicted molar refractivity (Wildman–Crippen MR) is 110 cm³/mol. The van der Waals surface area contributed by atoms with E-state index in [-0.39, 0.29) is 0 Å². The number of ether oxygens (including phenoxy) is 1. The van der Waals surface area contributed by atoms with Crippen molar-refractivity contribution in [3.8, 4) is 5.75 Å². The number of anilines is 3. The van der Waals surface area contributed by atoms with Crippen LogP contribution >= 0.6 is 0 Å². The fraction of sp³-hybridized carbons (Fsp3) is 0.333. The second-order valence-corrected chi connectivity index (χ2v) is 6.50. The van der Waals surface area contributed by atoms with Gasteiger partial charge in [0.2, 0.25) is 0 Å². The van der Waals surface area contributed by atoms with E-state index in [9.17, 15) is 9.59 Å². The fourth-order valence-electron chi connectivity index (χ4n) is 2.85. The Morgan fingerprint density at radius 2 is 1.57 bits per heavy atom. The van der Waals surface area contributed by atoms with Crippen LogP contribution in [-0.4, -0.2) is 23.1 Å². The molecule has 2 aromatic heterocycles. The largest absolute Gasteiger partial charge is 0.492 e. The highest BCUT2D eigenvalue weighted by atomic mass is 16.5. The van der Waals surface area contributed by atoms with Gasteiger partial charge < -0.3 is 15.4 Å². The van der Waals surface area contributed by atoms with Crippen molar-refractivity contribution in [3.63, 3.8) is 0 Å². The topological polar surface area (TPSA) is 93.2 Å². The van der Waals surface area contributed by atoms with E-state index >= 15 is 0 Å². The highest BCUT2D eigenvalue weighted by molar-refractivity contribution is 5.78. The lowest BCUT2D eigenvalue weighted by Gasteiger charge is -2.14. The molecule has 3 aromatic rings. The van der Waals surface area contributed by atoms with E-state index in [1.54, 1.807) is 36.9 Å². The van der Waals surface area contributed by atoms with Crippen molar-refractivity contribution >= 4 is 17.1 Å². The van der Waals surface area contributed by atoms with Crippen LogP contribution in [0.2, 0.25) is 0 Å². The third-order valence-corrected chi connectivity index (χ3v) is 4.39. The van der Waals surface area contributed by atoms with Crippen LogP contribution in [-0.2, 0) is 0 Å². The first-order chi connectivity index (χ1) is 13.8. The normalized spacial score (nSPS) is 10.7. The van der Waals surface area contributed by atoms with Crippen molar-refractivity contribution in [1.82, 2.24) is 9.97 Å². The molecule has 0 bridgehead atoms. The number of aromatic nitrogens is 2. The standard InChI is InChI=1S/C21H24N4O3/c26-20-18(19(21(20)27)25-16-8-12-22-13-9-16)24-11-4-2-1-3-5-14-28-17-7-6-10-23-15-17/h6-10,12-13,15,24H,1-5,11,14H2,(H,22,25). The molecule has 0 aliphatic heterocycles. The van der Waals surface area contributed by atoms with Gasteiger partial charge in [0.05, 0.1) is 12.8 Å². The lowest BCUT2D eigenvalue weighted by Crippen LogP contribution is -2.36. The summed E-state index contributed by atoms with van der Waals surface area (Å²) in [4.78, 5) is 31.5. The summed E-state index contributed by atoms with van der Waals surface area (Å²) in [5.41, 5.74) is 0.520. The van der Waals surface area contributed by atoms with Crippen molar-refractivity contribution in [3.05, 3.63) is 69.5 Å². The Hall–Kier alpha value is -3.22. The van der Waals surface area contributed by atoms with Crippen molar-refractivity contribution in [1.29, 1.82) is 0 Å². The second-order valence-electron chi connectivity index (χ2n) is 6.50. The number of hydrogen-bond acceptors (Lipinski definition) is 7. The van der Waals surface area contributed by atoms with Gasteiger partial charge in [0.1, 0.15) is 17.1 Å². The van der Waals surface area contributed by atoms with Crippen molar-refractivity contribution in [2.24, 2.45) is 0 Å². The molecule has 28 heavy (non-hydrogen) atoms. The van der Waals surface area contributed by atoms with Gasteiger partial charge in [-0.15, -0.1) is 0 Å². The molecule has 0 fully saturated rings. The number of nitrogens with zero attached hydrogens (tertiary/aromatic N) is 2. The van der Waals surface area contributed by atoms with Crippen LogP contribution < -0.4 is 26.2 Å². The molecule has 0 radical (unpaired) electrons. The van der Waals surface area contributed by atoms with E-state index in [0.717, 1.165) is 43.5 Å².